The number of carbonyl (C=O) groups is 1. The molecule has 2 unspecified atom stereocenters. The monoisotopic (exact) mass is 445 g/mol. The van der Waals surface area contributed by atoms with Crippen LogP contribution in [0.5, 0.6) is 5.75 Å². The van der Waals surface area contributed by atoms with Crippen LogP contribution in [-0.2, 0) is 14.2 Å². The van der Waals surface area contributed by atoms with Crippen LogP contribution in [0.15, 0.2) is 36.4 Å². The zero-order valence-electron chi connectivity index (χ0n) is 17.8. The van der Waals surface area contributed by atoms with E-state index in [2.05, 4.69) is 6.92 Å². The van der Waals surface area contributed by atoms with Gasteiger partial charge < -0.3 is 18.9 Å². The zero-order valence-corrected chi connectivity index (χ0v) is 17.8. The minimum atomic E-state index is -1.39. The van der Waals surface area contributed by atoms with Crippen LogP contribution in [0.2, 0.25) is 0 Å². The maximum atomic E-state index is 14.0. The van der Waals surface area contributed by atoms with Gasteiger partial charge in [0.2, 0.25) is 5.82 Å². The summed E-state index contributed by atoms with van der Waals surface area (Å²) in [5.74, 6) is -4.17. The second-order valence-corrected chi connectivity index (χ2v) is 7.38. The van der Waals surface area contributed by atoms with E-state index in [9.17, 15) is 13.6 Å². The Morgan fingerprint density at radius 2 is 1.84 bits per heavy atom. The van der Waals surface area contributed by atoms with E-state index in [-0.39, 0.29) is 18.0 Å². The molecule has 0 aromatic heterocycles. The van der Waals surface area contributed by atoms with E-state index >= 15 is 0 Å². The van der Waals surface area contributed by atoms with Crippen molar-refractivity contribution in [2.24, 2.45) is 0 Å². The van der Waals surface area contributed by atoms with Crippen molar-refractivity contribution >= 4 is 5.97 Å². The third-order valence-corrected chi connectivity index (χ3v) is 5.06. The van der Waals surface area contributed by atoms with Crippen LogP contribution in [0.1, 0.15) is 60.2 Å². The molecule has 170 valence electrons. The van der Waals surface area contributed by atoms with Gasteiger partial charge >= 0.3 is 5.97 Å². The van der Waals surface area contributed by atoms with Gasteiger partial charge in [0.1, 0.15) is 12.2 Å². The van der Waals surface area contributed by atoms with Crippen molar-refractivity contribution in [1.29, 1.82) is 5.26 Å². The van der Waals surface area contributed by atoms with E-state index < -0.39 is 28.9 Å². The standard InChI is InChI=1S/C24H25F2NO5/c1-2-3-4-5-12-29-21-15-30-20(14-31-21)16-6-8-17(9-7-16)24(28)32-19-11-10-18(13-27)22(25)23(19)26/h6-11,20-21H,2-5,12,14-15H2,1H3. The number of unbranched alkanes of at least 4 members (excludes halogenated alkanes) is 3. The van der Waals surface area contributed by atoms with Gasteiger partial charge in [-0.2, -0.15) is 9.65 Å². The van der Waals surface area contributed by atoms with Gasteiger partial charge in [-0.25, -0.2) is 9.18 Å². The van der Waals surface area contributed by atoms with Gasteiger partial charge in [0, 0.05) is 6.61 Å². The van der Waals surface area contributed by atoms with Gasteiger partial charge in [-0.3, -0.25) is 0 Å². The molecule has 0 radical (unpaired) electrons. The first-order chi connectivity index (χ1) is 15.5. The molecule has 6 nitrogen and oxygen atoms in total. The summed E-state index contributed by atoms with van der Waals surface area (Å²) >= 11 is 0. The summed E-state index contributed by atoms with van der Waals surface area (Å²) < 4.78 is 49.8. The molecule has 2 aromatic rings. The van der Waals surface area contributed by atoms with Gasteiger partial charge in [0.15, 0.2) is 17.9 Å². The highest BCUT2D eigenvalue weighted by Gasteiger charge is 2.24. The molecular weight excluding hydrogens is 420 g/mol. The van der Waals surface area contributed by atoms with E-state index in [1.165, 1.54) is 31.0 Å². The molecule has 1 fully saturated rings. The second kappa shape index (κ2) is 11.7. The number of esters is 1. The zero-order chi connectivity index (χ0) is 22.9. The largest absolute Gasteiger partial charge is 0.420 e. The maximum absolute atomic E-state index is 14.0. The summed E-state index contributed by atoms with van der Waals surface area (Å²) in [5.41, 5.74) is 0.493. The molecule has 2 aromatic carbocycles. The van der Waals surface area contributed by atoms with Crippen LogP contribution in [0, 0.1) is 23.0 Å². The third-order valence-electron chi connectivity index (χ3n) is 5.06. The van der Waals surface area contributed by atoms with E-state index in [1.807, 2.05) is 0 Å². The number of nitriles is 1. The van der Waals surface area contributed by atoms with Crippen molar-refractivity contribution in [3.05, 3.63) is 64.7 Å². The summed E-state index contributed by atoms with van der Waals surface area (Å²) in [7, 11) is 0. The molecule has 2 atom stereocenters. The molecule has 3 rings (SSSR count). The lowest BCUT2D eigenvalue weighted by molar-refractivity contribution is -0.236. The number of carbonyl (C=O) groups excluding carboxylic acids is 1. The first-order valence-electron chi connectivity index (χ1n) is 10.6. The molecule has 1 saturated heterocycles. The first-order valence-corrected chi connectivity index (χ1v) is 10.6. The Morgan fingerprint density at radius 1 is 1.06 bits per heavy atom. The smallest absolute Gasteiger partial charge is 0.343 e. The van der Waals surface area contributed by atoms with Crippen LogP contribution in [-0.4, -0.2) is 32.1 Å². The average Bonchev–Trinajstić information content (AvgIpc) is 2.82. The van der Waals surface area contributed by atoms with Crippen LogP contribution in [0.4, 0.5) is 8.78 Å². The molecule has 0 saturated carbocycles. The quantitative estimate of drug-likeness (QED) is 0.305. The Labute approximate surface area is 185 Å². The molecule has 8 heteroatoms. The molecule has 1 aliphatic heterocycles. The summed E-state index contributed by atoms with van der Waals surface area (Å²) in [6.07, 6.45) is 3.81. The van der Waals surface area contributed by atoms with Crippen molar-refractivity contribution in [3.63, 3.8) is 0 Å². The van der Waals surface area contributed by atoms with Crippen LogP contribution in [0.3, 0.4) is 0 Å². The molecule has 1 heterocycles. The fourth-order valence-electron chi connectivity index (χ4n) is 3.21. The van der Waals surface area contributed by atoms with Crippen LogP contribution >= 0.6 is 0 Å². The molecule has 0 aliphatic carbocycles. The fourth-order valence-corrected chi connectivity index (χ4v) is 3.21. The second-order valence-electron chi connectivity index (χ2n) is 7.38. The SMILES string of the molecule is CCCCCCOC1COC(c2ccc(C(=O)Oc3ccc(C#N)c(F)c3F)cc2)CO1. The lowest BCUT2D eigenvalue weighted by atomic mass is 10.1. The van der Waals surface area contributed by atoms with Crippen molar-refractivity contribution in [2.75, 3.05) is 19.8 Å². The van der Waals surface area contributed by atoms with E-state index in [0.29, 0.717) is 19.8 Å². The average molecular weight is 445 g/mol. The van der Waals surface area contributed by atoms with Gasteiger partial charge in [0.05, 0.1) is 24.3 Å². The summed E-state index contributed by atoms with van der Waals surface area (Å²) in [6.45, 7) is 3.43. The van der Waals surface area contributed by atoms with Crippen molar-refractivity contribution in [2.45, 2.75) is 45.0 Å². The van der Waals surface area contributed by atoms with E-state index in [1.54, 1.807) is 12.1 Å². The number of ether oxygens (including phenoxy) is 4. The lowest BCUT2D eigenvalue weighted by Gasteiger charge is -2.29. The Balaban J connectivity index is 1.51. The predicted molar refractivity (Wildman–Crippen MR) is 111 cm³/mol. The van der Waals surface area contributed by atoms with Crippen molar-refractivity contribution in [1.82, 2.24) is 0 Å². The lowest BCUT2D eigenvalue weighted by Crippen LogP contribution is -2.33. The summed E-state index contributed by atoms with van der Waals surface area (Å²) in [4.78, 5) is 12.3. The van der Waals surface area contributed by atoms with Gasteiger partial charge in [0.25, 0.3) is 0 Å². The molecule has 1 aliphatic rings. The van der Waals surface area contributed by atoms with Gasteiger partial charge in [-0.05, 0) is 36.2 Å². The predicted octanol–water partition coefficient (Wildman–Crippen LogP) is 5.07. The minimum Gasteiger partial charge on any atom is -0.420 e. The Kier molecular flexibility index (Phi) is 8.68. The third kappa shape index (κ3) is 6.10. The highest BCUT2D eigenvalue weighted by atomic mass is 19.2. The normalized spacial score (nSPS) is 18.2. The molecule has 0 spiro atoms. The maximum Gasteiger partial charge on any atom is 0.343 e. The van der Waals surface area contributed by atoms with E-state index in [4.69, 9.17) is 24.2 Å². The number of nitrogens with zero attached hydrogens (tertiary/aromatic N) is 1. The van der Waals surface area contributed by atoms with Crippen molar-refractivity contribution < 1.29 is 32.5 Å². The van der Waals surface area contributed by atoms with Crippen LogP contribution in [0.25, 0.3) is 0 Å². The van der Waals surface area contributed by atoms with Crippen molar-refractivity contribution in [3.8, 4) is 11.8 Å². The van der Waals surface area contributed by atoms with E-state index in [0.717, 1.165) is 30.5 Å². The fraction of sp³-hybridized carbons (Fsp3) is 0.417. The molecular formula is C24H25F2NO5. The van der Waals surface area contributed by atoms with Gasteiger partial charge in [-0.15, -0.1) is 0 Å². The number of hydrogen-bond acceptors (Lipinski definition) is 6. The van der Waals surface area contributed by atoms with Gasteiger partial charge in [-0.1, -0.05) is 38.3 Å². The number of benzene rings is 2. The highest BCUT2D eigenvalue weighted by molar-refractivity contribution is 5.91. The highest BCUT2D eigenvalue weighted by Crippen LogP contribution is 2.26. The number of halogens is 2. The molecule has 0 amide bonds. The Bertz CT molecular complexity index is 950. The topological polar surface area (TPSA) is 77.8 Å². The molecule has 0 N–H and O–H groups in total. The Morgan fingerprint density at radius 3 is 2.50 bits per heavy atom. The summed E-state index contributed by atoms with van der Waals surface area (Å²) in [5, 5.41) is 8.72. The number of hydrogen-bond donors (Lipinski definition) is 0. The number of rotatable bonds is 9. The van der Waals surface area contributed by atoms with Crippen LogP contribution < -0.4 is 4.74 Å². The Hall–Kier alpha value is -2.86. The first kappa shape index (κ1) is 23.8. The molecule has 0 bridgehead atoms. The summed E-state index contributed by atoms with van der Waals surface area (Å²) in [6, 6.07) is 10.0. The molecule has 32 heavy (non-hydrogen) atoms. The minimum absolute atomic E-state index is 0.155.